The molecule has 0 aromatic heterocycles. The predicted molar refractivity (Wildman–Crippen MR) is 66.2 cm³/mol. The Bertz CT molecular complexity index is 402. The maximum Gasteiger partial charge on any atom is 0.416 e. The van der Waals surface area contributed by atoms with Crippen molar-refractivity contribution in [1.29, 1.82) is 0 Å². The van der Waals surface area contributed by atoms with Crippen molar-refractivity contribution in [2.24, 2.45) is 5.73 Å². The predicted octanol–water partition coefficient (Wildman–Crippen LogP) is 2.79. The van der Waals surface area contributed by atoms with E-state index in [1.807, 2.05) is 18.9 Å². The van der Waals surface area contributed by atoms with Gasteiger partial charge in [-0.1, -0.05) is 6.07 Å². The Labute approximate surface area is 106 Å². The highest BCUT2D eigenvalue weighted by molar-refractivity contribution is 5.32. The summed E-state index contributed by atoms with van der Waals surface area (Å²) >= 11 is 0. The first-order valence-corrected chi connectivity index (χ1v) is 5.82. The van der Waals surface area contributed by atoms with E-state index in [1.165, 1.54) is 12.1 Å². The lowest BCUT2D eigenvalue weighted by Gasteiger charge is -2.24. The molecule has 0 amide bonds. The third-order valence-corrected chi connectivity index (χ3v) is 3.18. The fraction of sp³-hybridized carbons (Fsp3) is 0.538. The van der Waals surface area contributed by atoms with Gasteiger partial charge in [-0.15, -0.1) is 0 Å². The van der Waals surface area contributed by atoms with Gasteiger partial charge in [-0.2, -0.15) is 13.2 Å². The molecule has 0 aliphatic carbocycles. The second kappa shape index (κ2) is 5.71. The zero-order chi connectivity index (χ0) is 13.9. The first-order chi connectivity index (χ1) is 8.25. The normalized spacial score (nSPS) is 14.0. The lowest BCUT2D eigenvalue weighted by molar-refractivity contribution is -0.137. The van der Waals surface area contributed by atoms with Gasteiger partial charge < -0.3 is 5.73 Å². The van der Waals surface area contributed by atoms with E-state index in [-0.39, 0.29) is 6.04 Å². The molecule has 0 aliphatic heterocycles. The largest absolute Gasteiger partial charge is 0.416 e. The lowest BCUT2D eigenvalue weighted by Crippen LogP contribution is -2.34. The molecule has 2 N–H and O–H groups in total. The second-order valence-corrected chi connectivity index (χ2v) is 4.64. The van der Waals surface area contributed by atoms with E-state index in [1.54, 1.807) is 6.92 Å². The van der Waals surface area contributed by atoms with Crippen LogP contribution >= 0.6 is 0 Å². The Hall–Kier alpha value is -1.07. The van der Waals surface area contributed by atoms with Crippen molar-refractivity contribution in [2.75, 3.05) is 13.6 Å². The van der Waals surface area contributed by atoms with Gasteiger partial charge in [0.1, 0.15) is 0 Å². The number of halogens is 3. The molecule has 0 saturated heterocycles. The van der Waals surface area contributed by atoms with Crippen LogP contribution < -0.4 is 5.73 Å². The molecule has 0 radical (unpaired) electrons. The fourth-order valence-electron chi connectivity index (χ4n) is 1.65. The van der Waals surface area contributed by atoms with Gasteiger partial charge in [0.15, 0.2) is 0 Å². The molecular weight excluding hydrogens is 241 g/mol. The number of aryl methyl sites for hydroxylation is 1. The summed E-state index contributed by atoms with van der Waals surface area (Å²) in [7, 11) is 1.91. The summed E-state index contributed by atoms with van der Waals surface area (Å²) in [6.45, 7) is 4.81. The molecule has 5 heteroatoms. The molecule has 0 saturated carbocycles. The third-order valence-electron chi connectivity index (χ3n) is 3.18. The summed E-state index contributed by atoms with van der Waals surface area (Å²) in [6.07, 6.45) is -4.28. The molecule has 0 spiro atoms. The summed E-state index contributed by atoms with van der Waals surface area (Å²) in [6, 6.07) is 4.06. The van der Waals surface area contributed by atoms with E-state index in [9.17, 15) is 13.2 Å². The molecule has 18 heavy (non-hydrogen) atoms. The standard InChI is InChI=1S/C13H19F3N2/c1-9-6-12(13(14,15)16)5-4-11(9)8-18(3)10(2)7-17/h4-6,10H,7-8,17H2,1-3H3. The molecule has 0 heterocycles. The number of hydrogen-bond acceptors (Lipinski definition) is 2. The van der Waals surface area contributed by atoms with Crippen LogP contribution in [0.4, 0.5) is 13.2 Å². The van der Waals surface area contributed by atoms with Gasteiger partial charge in [0.2, 0.25) is 0 Å². The maximum atomic E-state index is 12.5. The number of benzene rings is 1. The van der Waals surface area contributed by atoms with Crippen LogP contribution in [0.3, 0.4) is 0 Å². The van der Waals surface area contributed by atoms with E-state index in [4.69, 9.17) is 5.73 Å². The van der Waals surface area contributed by atoms with E-state index >= 15 is 0 Å². The van der Waals surface area contributed by atoms with Crippen molar-refractivity contribution >= 4 is 0 Å². The van der Waals surface area contributed by atoms with Crippen molar-refractivity contribution in [3.05, 3.63) is 34.9 Å². The second-order valence-electron chi connectivity index (χ2n) is 4.64. The number of rotatable bonds is 4. The van der Waals surface area contributed by atoms with Gasteiger partial charge in [-0.05, 0) is 44.2 Å². The quantitative estimate of drug-likeness (QED) is 0.902. The molecule has 1 aromatic carbocycles. The number of hydrogen-bond donors (Lipinski definition) is 1. The van der Waals surface area contributed by atoms with Crippen LogP contribution in [-0.4, -0.2) is 24.5 Å². The lowest BCUT2D eigenvalue weighted by atomic mass is 10.0. The highest BCUT2D eigenvalue weighted by atomic mass is 19.4. The van der Waals surface area contributed by atoms with E-state index in [0.29, 0.717) is 18.7 Å². The van der Waals surface area contributed by atoms with Gasteiger partial charge in [0.25, 0.3) is 0 Å². The van der Waals surface area contributed by atoms with Crippen LogP contribution in [0, 0.1) is 6.92 Å². The SMILES string of the molecule is Cc1cc(C(F)(F)F)ccc1CN(C)C(C)CN. The monoisotopic (exact) mass is 260 g/mol. The minimum Gasteiger partial charge on any atom is -0.329 e. The zero-order valence-electron chi connectivity index (χ0n) is 10.9. The Morgan fingerprint density at radius 3 is 2.39 bits per heavy atom. The molecule has 102 valence electrons. The number of likely N-dealkylation sites (N-methyl/N-ethyl adjacent to an activating group) is 1. The van der Waals surface area contributed by atoms with Crippen molar-refractivity contribution in [3.8, 4) is 0 Å². The number of nitrogens with zero attached hydrogens (tertiary/aromatic N) is 1. The first kappa shape index (κ1) is 15.0. The number of alkyl halides is 3. The van der Waals surface area contributed by atoms with Crippen molar-refractivity contribution in [3.63, 3.8) is 0 Å². The molecule has 0 fully saturated rings. The van der Waals surface area contributed by atoms with Gasteiger partial charge in [-0.25, -0.2) is 0 Å². The summed E-state index contributed by atoms with van der Waals surface area (Å²) in [5.74, 6) is 0. The number of nitrogens with two attached hydrogens (primary N) is 1. The summed E-state index contributed by atoms with van der Waals surface area (Å²) < 4.78 is 37.6. The Morgan fingerprint density at radius 1 is 1.33 bits per heavy atom. The smallest absolute Gasteiger partial charge is 0.329 e. The molecule has 2 nitrogen and oxygen atoms in total. The molecular formula is C13H19F3N2. The van der Waals surface area contributed by atoms with Gasteiger partial charge in [0.05, 0.1) is 5.56 Å². The highest BCUT2D eigenvalue weighted by Gasteiger charge is 2.30. The zero-order valence-corrected chi connectivity index (χ0v) is 10.9. The van der Waals surface area contributed by atoms with Crippen LogP contribution in [0.5, 0.6) is 0 Å². The minimum absolute atomic E-state index is 0.201. The van der Waals surface area contributed by atoms with E-state index in [0.717, 1.165) is 11.6 Å². The van der Waals surface area contributed by atoms with Crippen molar-refractivity contribution < 1.29 is 13.2 Å². The summed E-state index contributed by atoms with van der Waals surface area (Å²) in [5, 5.41) is 0. The molecule has 0 aliphatic rings. The average Bonchev–Trinajstić information content (AvgIpc) is 2.29. The van der Waals surface area contributed by atoms with E-state index < -0.39 is 11.7 Å². The van der Waals surface area contributed by atoms with Gasteiger partial charge in [0, 0.05) is 19.1 Å². The molecule has 1 aromatic rings. The maximum absolute atomic E-state index is 12.5. The van der Waals surface area contributed by atoms with Gasteiger partial charge in [-0.3, -0.25) is 4.90 Å². The highest BCUT2D eigenvalue weighted by Crippen LogP contribution is 2.30. The average molecular weight is 260 g/mol. The minimum atomic E-state index is -4.28. The molecule has 1 atom stereocenters. The van der Waals surface area contributed by atoms with Crippen LogP contribution in [0.15, 0.2) is 18.2 Å². The third kappa shape index (κ3) is 3.71. The Morgan fingerprint density at radius 2 is 1.94 bits per heavy atom. The topological polar surface area (TPSA) is 29.3 Å². The summed E-state index contributed by atoms with van der Waals surface area (Å²) in [5.41, 5.74) is 6.50. The first-order valence-electron chi connectivity index (χ1n) is 5.82. The van der Waals surface area contributed by atoms with Crippen LogP contribution in [0.2, 0.25) is 0 Å². The van der Waals surface area contributed by atoms with Crippen LogP contribution in [0.1, 0.15) is 23.6 Å². The van der Waals surface area contributed by atoms with E-state index in [2.05, 4.69) is 0 Å². The summed E-state index contributed by atoms with van der Waals surface area (Å²) in [4.78, 5) is 2.02. The molecule has 0 bridgehead atoms. The van der Waals surface area contributed by atoms with Crippen molar-refractivity contribution in [1.82, 2.24) is 4.90 Å². The Balaban J connectivity index is 2.87. The molecule has 1 rings (SSSR count). The van der Waals surface area contributed by atoms with Crippen LogP contribution in [0.25, 0.3) is 0 Å². The van der Waals surface area contributed by atoms with Crippen LogP contribution in [-0.2, 0) is 12.7 Å². The molecule has 1 unspecified atom stereocenters. The van der Waals surface area contributed by atoms with Crippen molar-refractivity contribution in [2.45, 2.75) is 32.6 Å². The Kier molecular flexibility index (Phi) is 4.76. The van der Waals surface area contributed by atoms with Gasteiger partial charge >= 0.3 is 6.18 Å². The fourth-order valence-corrected chi connectivity index (χ4v) is 1.65.